The molecule has 3 rings (SSSR count). The minimum atomic E-state index is 0. The molecule has 0 atom stereocenters. The number of hydrogen-bond donors (Lipinski definition) is 2. The number of pyridine rings is 1. The van der Waals surface area contributed by atoms with E-state index in [4.69, 9.17) is 4.42 Å². The molecule has 25 heavy (non-hydrogen) atoms. The molecule has 0 saturated carbocycles. The van der Waals surface area contributed by atoms with Crippen LogP contribution in [0.4, 0.5) is 0 Å². The van der Waals surface area contributed by atoms with E-state index in [2.05, 4.69) is 43.8 Å². The number of aryl methyl sites for hydroxylation is 2. The summed E-state index contributed by atoms with van der Waals surface area (Å²) in [5, 5.41) is 7.64. The molecule has 0 fully saturated rings. The van der Waals surface area contributed by atoms with Crippen LogP contribution in [0.5, 0.6) is 0 Å². The first kappa shape index (κ1) is 19.2. The lowest BCUT2D eigenvalue weighted by atomic mass is 10.1. The molecule has 0 aliphatic heterocycles. The van der Waals surface area contributed by atoms with Crippen molar-refractivity contribution >= 4 is 40.8 Å². The fourth-order valence-electron chi connectivity index (χ4n) is 2.48. The predicted octanol–water partition coefficient (Wildman–Crippen LogP) is 3.32. The highest BCUT2D eigenvalue weighted by molar-refractivity contribution is 14.0. The van der Waals surface area contributed by atoms with Gasteiger partial charge in [0.05, 0.1) is 17.8 Å². The number of fused-ring (bicyclic) bond motifs is 1. The summed E-state index contributed by atoms with van der Waals surface area (Å²) in [6.07, 6.45) is 1.81. The average molecular weight is 451 g/mol. The Kier molecular flexibility index (Phi) is 6.74. The van der Waals surface area contributed by atoms with Gasteiger partial charge in [0.1, 0.15) is 5.76 Å². The Morgan fingerprint density at radius 1 is 1.12 bits per heavy atom. The van der Waals surface area contributed by atoms with Crippen molar-refractivity contribution in [2.24, 2.45) is 4.99 Å². The lowest BCUT2D eigenvalue weighted by Crippen LogP contribution is -2.36. The Morgan fingerprint density at radius 3 is 2.60 bits per heavy atom. The van der Waals surface area contributed by atoms with E-state index in [-0.39, 0.29) is 24.0 Å². The smallest absolute Gasteiger partial charge is 0.214 e. The molecule has 6 nitrogen and oxygen atoms in total. The third-order valence-corrected chi connectivity index (χ3v) is 3.87. The number of guanidine groups is 1. The van der Waals surface area contributed by atoms with E-state index in [0.29, 0.717) is 24.9 Å². The Hall–Kier alpha value is -2.16. The van der Waals surface area contributed by atoms with E-state index >= 15 is 0 Å². The first-order valence-electron chi connectivity index (χ1n) is 7.87. The summed E-state index contributed by atoms with van der Waals surface area (Å²) >= 11 is 0. The van der Waals surface area contributed by atoms with Crippen molar-refractivity contribution in [2.75, 3.05) is 7.05 Å². The number of hydrogen-bond acceptors (Lipinski definition) is 4. The highest BCUT2D eigenvalue weighted by Crippen LogP contribution is 2.15. The van der Waals surface area contributed by atoms with E-state index in [1.807, 2.05) is 32.2 Å². The van der Waals surface area contributed by atoms with Crippen LogP contribution in [-0.4, -0.2) is 23.0 Å². The van der Waals surface area contributed by atoms with Crippen LogP contribution in [0.3, 0.4) is 0 Å². The minimum absolute atomic E-state index is 0. The first-order valence-corrected chi connectivity index (χ1v) is 7.87. The summed E-state index contributed by atoms with van der Waals surface area (Å²) in [5.74, 6) is 2.19. The number of nitrogens with one attached hydrogen (secondary N) is 2. The van der Waals surface area contributed by atoms with Crippen LogP contribution in [-0.2, 0) is 13.1 Å². The largest absolute Gasteiger partial charge is 0.444 e. The zero-order valence-corrected chi connectivity index (χ0v) is 16.9. The molecular formula is C18H22IN5O. The van der Waals surface area contributed by atoms with Gasteiger partial charge in [-0.2, -0.15) is 0 Å². The van der Waals surface area contributed by atoms with Crippen molar-refractivity contribution in [2.45, 2.75) is 26.9 Å². The number of para-hydroxylation sites is 1. The van der Waals surface area contributed by atoms with Crippen LogP contribution in [0.25, 0.3) is 10.9 Å². The highest BCUT2D eigenvalue weighted by Gasteiger charge is 2.07. The number of oxazole rings is 1. The fourth-order valence-corrected chi connectivity index (χ4v) is 2.48. The quantitative estimate of drug-likeness (QED) is 0.362. The maximum atomic E-state index is 5.56. The van der Waals surface area contributed by atoms with Gasteiger partial charge in [-0.25, -0.2) is 4.98 Å². The number of aliphatic imine (C=N–C) groups is 1. The van der Waals surface area contributed by atoms with Gasteiger partial charge in [0.2, 0.25) is 5.89 Å². The molecule has 0 unspecified atom stereocenters. The molecule has 1 aromatic carbocycles. The molecule has 2 heterocycles. The highest BCUT2D eigenvalue weighted by atomic mass is 127. The lowest BCUT2D eigenvalue weighted by Gasteiger charge is -2.11. The summed E-state index contributed by atoms with van der Waals surface area (Å²) < 4.78 is 5.56. The van der Waals surface area contributed by atoms with Crippen LogP contribution in [0.15, 0.2) is 45.9 Å². The third-order valence-electron chi connectivity index (χ3n) is 3.87. The number of halogens is 1. The van der Waals surface area contributed by atoms with Gasteiger partial charge in [0.25, 0.3) is 0 Å². The number of rotatable bonds is 4. The topological polar surface area (TPSA) is 75.3 Å². The van der Waals surface area contributed by atoms with Gasteiger partial charge < -0.3 is 15.1 Å². The summed E-state index contributed by atoms with van der Waals surface area (Å²) in [6.45, 7) is 4.97. The third kappa shape index (κ3) is 4.68. The predicted molar refractivity (Wildman–Crippen MR) is 110 cm³/mol. The minimum Gasteiger partial charge on any atom is -0.444 e. The summed E-state index contributed by atoms with van der Waals surface area (Å²) in [6, 6.07) is 10.2. The Balaban J connectivity index is 0.00000225. The monoisotopic (exact) mass is 451 g/mol. The molecule has 0 spiro atoms. The van der Waals surface area contributed by atoms with Crippen molar-refractivity contribution in [3.8, 4) is 0 Å². The maximum absolute atomic E-state index is 5.56. The molecular weight excluding hydrogens is 429 g/mol. The molecule has 0 aliphatic carbocycles. The van der Waals surface area contributed by atoms with Gasteiger partial charge in [-0.15, -0.1) is 24.0 Å². The molecule has 0 amide bonds. The summed E-state index contributed by atoms with van der Waals surface area (Å²) in [4.78, 5) is 13.1. The molecule has 3 aromatic rings. The van der Waals surface area contributed by atoms with Crippen LogP contribution < -0.4 is 10.6 Å². The van der Waals surface area contributed by atoms with Gasteiger partial charge in [-0.3, -0.25) is 9.98 Å². The van der Waals surface area contributed by atoms with Gasteiger partial charge in [0.15, 0.2) is 5.96 Å². The summed E-state index contributed by atoms with van der Waals surface area (Å²) in [5.41, 5.74) is 3.04. The summed E-state index contributed by atoms with van der Waals surface area (Å²) in [7, 11) is 1.74. The second kappa shape index (κ2) is 8.80. The number of benzene rings is 1. The maximum Gasteiger partial charge on any atom is 0.214 e. The van der Waals surface area contributed by atoms with Gasteiger partial charge in [-0.1, -0.05) is 24.3 Å². The van der Waals surface area contributed by atoms with Crippen LogP contribution in [0, 0.1) is 13.8 Å². The van der Waals surface area contributed by atoms with E-state index < -0.39 is 0 Å². The molecule has 0 radical (unpaired) electrons. The molecule has 0 bridgehead atoms. The van der Waals surface area contributed by atoms with E-state index in [1.165, 1.54) is 0 Å². The number of aromatic nitrogens is 2. The van der Waals surface area contributed by atoms with Crippen molar-refractivity contribution in [3.05, 3.63) is 59.4 Å². The standard InChI is InChI=1S/C18H21N5O.HI/c1-12-13(2)24-16(23-12)11-22-18(19-3)21-10-15-7-4-6-14-8-5-9-20-17(14)15;/h4-9H,10-11H2,1-3H3,(H2,19,21,22);1H. The van der Waals surface area contributed by atoms with Crippen molar-refractivity contribution in [1.82, 2.24) is 20.6 Å². The van der Waals surface area contributed by atoms with E-state index in [1.54, 1.807) is 7.05 Å². The zero-order chi connectivity index (χ0) is 16.9. The normalized spacial score (nSPS) is 11.2. The molecule has 0 aliphatic rings. The molecule has 7 heteroatoms. The second-order valence-corrected chi connectivity index (χ2v) is 5.52. The molecule has 2 aromatic heterocycles. The van der Waals surface area contributed by atoms with Crippen molar-refractivity contribution in [3.63, 3.8) is 0 Å². The molecule has 0 saturated heterocycles. The SMILES string of the molecule is CN=C(NCc1nc(C)c(C)o1)NCc1cccc2cccnc12.I. The zero-order valence-electron chi connectivity index (χ0n) is 14.5. The first-order chi connectivity index (χ1) is 11.7. The van der Waals surface area contributed by atoms with Crippen molar-refractivity contribution in [1.29, 1.82) is 0 Å². The van der Waals surface area contributed by atoms with Crippen LogP contribution >= 0.6 is 24.0 Å². The van der Waals surface area contributed by atoms with Gasteiger partial charge in [0, 0.05) is 25.2 Å². The van der Waals surface area contributed by atoms with Crippen LogP contribution in [0.1, 0.15) is 22.9 Å². The average Bonchev–Trinajstić information content (AvgIpc) is 2.93. The Morgan fingerprint density at radius 2 is 1.88 bits per heavy atom. The Bertz CT molecular complexity index is 850. The molecule has 2 N–H and O–H groups in total. The molecule has 132 valence electrons. The fraction of sp³-hybridized carbons (Fsp3) is 0.278. The van der Waals surface area contributed by atoms with Crippen molar-refractivity contribution < 1.29 is 4.42 Å². The van der Waals surface area contributed by atoms with Gasteiger partial charge in [-0.05, 0) is 25.5 Å². The van der Waals surface area contributed by atoms with E-state index in [9.17, 15) is 0 Å². The second-order valence-electron chi connectivity index (χ2n) is 5.52. The lowest BCUT2D eigenvalue weighted by molar-refractivity contribution is 0.463. The van der Waals surface area contributed by atoms with Crippen LogP contribution in [0.2, 0.25) is 0 Å². The number of nitrogens with zero attached hydrogens (tertiary/aromatic N) is 3. The van der Waals surface area contributed by atoms with E-state index in [0.717, 1.165) is 27.9 Å². The Labute approximate surface area is 164 Å². The van der Waals surface area contributed by atoms with Gasteiger partial charge >= 0.3 is 0 Å².